The zero-order valence-corrected chi connectivity index (χ0v) is 13.1. The molecule has 2 fully saturated rings. The molecule has 1 unspecified atom stereocenters. The normalized spacial score (nSPS) is 24.0. The van der Waals surface area contributed by atoms with Crippen LogP contribution in [0.4, 0.5) is 4.39 Å². The van der Waals surface area contributed by atoms with Crippen LogP contribution >= 0.6 is 0 Å². The molecular weight excluding hydrogens is 263 g/mol. The second-order valence-electron chi connectivity index (χ2n) is 6.89. The summed E-state index contributed by atoms with van der Waals surface area (Å²) in [4.78, 5) is 2.42. The fourth-order valence-electron chi connectivity index (χ4n) is 3.13. The number of rotatable bonds is 5. The molecule has 0 radical (unpaired) electrons. The lowest BCUT2D eigenvalue weighted by Gasteiger charge is -2.20. The Morgan fingerprint density at radius 2 is 2.05 bits per heavy atom. The van der Waals surface area contributed by atoms with Crippen LogP contribution in [0.5, 0.6) is 0 Å². The summed E-state index contributed by atoms with van der Waals surface area (Å²) in [6, 6.07) is 6.31. The summed E-state index contributed by atoms with van der Waals surface area (Å²) in [5.41, 5.74) is 2.07. The molecule has 1 atom stereocenters. The zero-order chi connectivity index (χ0) is 14.7. The van der Waals surface area contributed by atoms with Crippen LogP contribution in [0.3, 0.4) is 0 Å². The second-order valence-corrected chi connectivity index (χ2v) is 6.89. The largest absolute Gasteiger partial charge is 0.310 e. The minimum atomic E-state index is -0.0533. The highest BCUT2D eigenvalue weighted by atomic mass is 19.1. The van der Waals surface area contributed by atoms with Crippen molar-refractivity contribution >= 4 is 0 Å². The van der Waals surface area contributed by atoms with E-state index in [9.17, 15) is 4.39 Å². The van der Waals surface area contributed by atoms with Crippen LogP contribution in [0, 0.1) is 11.7 Å². The molecule has 1 aliphatic carbocycles. The van der Waals surface area contributed by atoms with Gasteiger partial charge in [-0.2, -0.15) is 0 Å². The third-order valence-corrected chi connectivity index (χ3v) is 4.79. The van der Waals surface area contributed by atoms with Crippen molar-refractivity contribution in [1.82, 2.24) is 10.2 Å². The molecule has 1 saturated heterocycles. The van der Waals surface area contributed by atoms with Gasteiger partial charge in [-0.25, -0.2) is 4.39 Å². The summed E-state index contributed by atoms with van der Waals surface area (Å²) in [6.45, 7) is 6.17. The predicted octanol–water partition coefficient (Wildman–Crippen LogP) is 3.70. The molecule has 116 valence electrons. The minimum Gasteiger partial charge on any atom is -0.310 e. The maximum atomic E-state index is 14.1. The Hall–Kier alpha value is -0.930. The summed E-state index contributed by atoms with van der Waals surface area (Å²) in [6.07, 6.45) is 6.38. The van der Waals surface area contributed by atoms with Crippen molar-refractivity contribution in [1.29, 1.82) is 0 Å². The number of hydrogen-bond donors (Lipinski definition) is 1. The lowest BCUT2D eigenvalue weighted by Crippen LogP contribution is -2.25. The minimum absolute atomic E-state index is 0.0533. The second kappa shape index (κ2) is 6.89. The molecule has 0 bridgehead atoms. The van der Waals surface area contributed by atoms with Gasteiger partial charge < -0.3 is 5.32 Å². The van der Waals surface area contributed by atoms with Gasteiger partial charge in [0, 0.05) is 24.7 Å². The summed E-state index contributed by atoms with van der Waals surface area (Å²) in [5.74, 6) is 0.761. The Morgan fingerprint density at radius 3 is 2.86 bits per heavy atom. The SMILES string of the molecule is CC1CCCN(Cc2cc(CNC3CC3)ccc2F)CC1. The molecule has 1 aromatic rings. The van der Waals surface area contributed by atoms with Crippen molar-refractivity contribution in [2.24, 2.45) is 5.92 Å². The first-order chi connectivity index (χ1) is 10.2. The summed E-state index contributed by atoms with van der Waals surface area (Å²) in [7, 11) is 0. The Kier molecular flexibility index (Phi) is 4.91. The molecule has 0 aromatic heterocycles. The first-order valence-electron chi connectivity index (χ1n) is 8.44. The van der Waals surface area contributed by atoms with E-state index in [2.05, 4.69) is 23.2 Å². The monoisotopic (exact) mass is 290 g/mol. The maximum Gasteiger partial charge on any atom is 0.127 e. The maximum absolute atomic E-state index is 14.1. The molecule has 2 aliphatic rings. The van der Waals surface area contributed by atoms with Crippen LogP contribution in [-0.4, -0.2) is 24.0 Å². The van der Waals surface area contributed by atoms with E-state index < -0.39 is 0 Å². The van der Waals surface area contributed by atoms with E-state index in [1.165, 1.54) is 37.7 Å². The topological polar surface area (TPSA) is 15.3 Å². The van der Waals surface area contributed by atoms with E-state index in [0.717, 1.165) is 37.7 Å². The van der Waals surface area contributed by atoms with Crippen molar-refractivity contribution in [3.05, 3.63) is 35.1 Å². The number of halogens is 1. The van der Waals surface area contributed by atoms with Crippen molar-refractivity contribution in [2.75, 3.05) is 13.1 Å². The Labute approximate surface area is 127 Å². The van der Waals surface area contributed by atoms with Crippen molar-refractivity contribution in [2.45, 2.75) is 58.2 Å². The van der Waals surface area contributed by atoms with Gasteiger partial charge in [-0.3, -0.25) is 4.90 Å². The Balaban J connectivity index is 1.61. The van der Waals surface area contributed by atoms with Crippen molar-refractivity contribution < 1.29 is 4.39 Å². The third kappa shape index (κ3) is 4.52. The highest BCUT2D eigenvalue weighted by Gasteiger charge is 2.20. The Bertz CT molecular complexity index is 470. The van der Waals surface area contributed by atoms with E-state index in [-0.39, 0.29) is 5.82 Å². The van der Waals surface area contributed by atoms with Gasteiger partial charge in [0.2, 0.25) is 0 Å². The highest BCUT2D eigenvalue weighted by molar-refractivity contribution is 5.25. The fraction of sp³-hybridized carbons (Fsp3) is 0.667. The van der Waals surface area contributed by atoms with Gasteiger partial charge in [0.1, 0.15) is 5.82 Å². The lowest BCUT2D eigenvalue weighted by molar-refractivity contribution is 0.269. The first-order valence-corrected chi connectivity index (χ1v) is 8.44. The number of nitrogens with one attached hydrogen (secondary N) is 1. The summed E-state index contributed by atoms with van der Waals surface area (Å²) < 4.78 is 14.1. The number of nitrogens with zero attached hydrogens (tertiary/aromatic N) is 1. The van der Waals surface area contributed by atoms with Gasteiger partial charge in [-0.05, 0) is 62.7 Å². The molecule has 0 spiro atoms. The molecule has 1 aliphatic heterocycles. The van der Waals surface area contributed by atoms with E-state index >= 15 is 0 Å². The molecule has 1 saturated carbocycles. The van der Waals surface area contributed by atoms with E-state index in [1.54, 1.807) is 6.07 Å². The van der Waals surface area contributed by atoms with Crippen molar-refractivity contribution in [3.8, 4) is 0 Å². The van der Waals surface area contributed by atoms with Gasteiger partial charge in [0.15, 0.2) is 0 Å². The first kappa shape index (κ1) is 15.0. The van der Waals surface area contributed by atoms with E-state index in [4.69, 9.17) is 0 Å². The quantitative estimate of drug-likeness (QED) is 0.889. The van der Waals surface area contributed by atoms with E-state index in [0.29, 0.717) is 6.04 Å². The van der Waals surface area contributed by atoms with Crippen LogP contribution in [-0.2, 0) is 13.1 Å². The molecule has 3 rings (SSSR count). The van der Waals surface area contributed by atoms with Gasteiger partial charge in [0.05, 0.1) is 0 Å². The number of likely N-dealkylation sites (tertiary alicyclic amines) is 1. The Morgan fingerprint density at radius 1 is 1.19 bits per heavy atom. The molecule has 2 nitrogen and oxygen atoms in total. The van der Waals surface area contributed by atoms with Crippen LogP contribution in [0.15, 0.2) is 18.2 Å². The molecule has 1 heterocycles. The molecule has 1 aromatic carbocycles. The van der Waals surface area contributed by atoms with Gasteiger partial charge >= 0.3 is 0 Å². The van der Waals surface area contributed by atoms with Gasteiger partial charge in [-0.1, -0.05) is 19.1 Å². The molecule has 1 N–H and O–H groups in total. The van der Waals surface area contributed by atoms with Gasteiger partial charge in [0.25, 0.3) is 0 Å². The fourth-order valence-corrected chi connectivity index (χ4v) is 3.13. The van der Waals surface area contributed by atoms with E-state index in [1.807, 2.05) is 6.07 Å². The highest BCUT2D eigenvalue weighted by Crippen LogP contribution is 2.21. The van der Waals surface area contributed by atoms with Crippen LogP contribution < -0.4 is 5.32 Å². The number of hydrogen-bond acceptors (Lipinski definition) is 2. The van der Waals surface area contributed by atoms with Crippen LogP contribution in [0.2, 0.25) is 0 Å². The van der Waals surface area contributed by atoms with Crippen LogP contribution in [0.25, 0.3) is 0 Å². The zero-order valence-electron chi connectivity index (χ0n) is 13.1. The van der Waals surface area contributed by atoms with Gasteiger partial charge in [-0.15, -0.1) is 0 Å². The molecule has 0 amide bonds. The average molecular weight is 290 g/mol. The summed E-state index contributed by atoms with van der Waals surface area (Å²) in [5, 5.41) is 3.50. The lowest BCUT2D eigenvalue weighted by atomic mass is 10.0. The standard InChI is InChI=1S/C18H27FN2/c1-14-3-2-9-21(10-8-14)13-16-11-15(4-7-18(16)19)12-20-17-5-6-17/h4,7,11,14,17,20H,2-3,5-6,8-10,12-13H2,1H3. The molecular formula is C18H27FN2. The van der Waals surface area contributed by atoms with Crippen LogP contribution in [0.1, 0.15) is 50.2 Å². The smallest absolute Gasteiger partial charge is 0.127 e. The van der Waals surface area contributed by atoms with Crippen molar-refractivity contribution in [3.63, 3.8) is 0 Å². The predicted molar refractivity (Wildman–Crippen MR) is 84.6 cm³/mol. The summed E-state index contributed by atoms with van der Waals surface area (Å²) >= 11 is 0. The number of benzene rings is 1. The average Bonchev–Trinajstić information content (AvgIpc) is 3.29. The molecule has 21 heavy (non-hydrogen) atoms. The molecule has 3 heteroatoms. The third-order valence-electron chi connectivity index (χ3n) is 4.79.